The van der Waals surface area contributed by atoms with Crippen molar-refractivity contribution in [2.45, 2.75) is 44.9 Å². The van der Waals surface area contributed by atoms with Gasteiger partial charge in [-0.2, -0.15) is 11.0 Å². The second-order valence-corrected chi connectivity index (χ2v) is 4.15. The van der Waals surface area contributed by atoms with Gasteiger partial charge in [0.1, 0.15) is 0 Å². The van der Waals surface area contributed by atoms with Crippen molar-refractivity contribution >= 4 is 24.0 Å². The van der Waals surface area contributed by atoms with Gasteiger partial charge in [-0.1, -0.05) is 19.3 Å². The second-order valence-electron chi connectivity index (χ2n) is 4.15. The lowest BCUT2D eigenvalue weighted by Crippen LogP contribution is -2.31. The Morgan fingerprint density at radius 3 is 1.33 bits per heavy atom. The van der Waals surface area contributed by atoms with Gasteiger partial charge in [-0.3, -0.25) is 0 Å². The summed E-state index contributed by atoms with van der Waals surface area (Å²) in [4.78, 5) is 51.3. The first kappa shape index (κ1) is 18.5. The summed E-state index contributed by atoms with van der Waals surface area (Å²) >= 11 is 0. The summed E-state index contributed by atoms with van der Waals surface area (Å²) in [6.07, 6.45) is 3.93. The Labute approximate surface area is 121 Å². The van der Waals surface area contributed by atoms with Crippen LogP contribution in [0.3, 0.4) is 0 Å². The predicted molar refractivity (Wildman–Crippen MR) is 69.9 cm³/mol. The number of unbranched alkanes of at least 4 members (excludes halogenated alkanes) is 4. The van der Waals surface area contributed by atoms with Crippen molar-refractivity contribution < 1.29 is 28.9 Å². The van der Waals surface area contributed by atoms with E-state index in [-0.39, 0.29) is 12.8 Å². The predicted octanol–water partition coefficient (Wildman–Crippen LogP) is -0.0299. The van der Waals surface area contributed by atoms with Gasteiger partial charge in [-0.05, 0) is 12.8 Å². The third-order valence-electron chi connectivity index (χ3n) is 2.29. The molecule has 0 aliphatic carbocycles. The molecule has 0 heterocycles. The molecule has 10 heteroatoms. The van der Waals surface area contributed by atoms with Crippen molar-refractivity contribution in [3.05, 3.63) is 0 Å². The van der Waals surface area contributed by atoms with E-state index in [4.69, 9.17) is 11.5 Å². The number of primary amides is 2. The lowest BCUT2D eigenvalue weighted by Gasteiger charge is -2.04. The number of hydroxylamine groups is 2. The average molecular weight is 304 g/mol. The van der Waals surface area contributed by atoms with Crippen LogP contribution in [0.25, 0.3) is 0 Å². The fourth-order valence-electron chi connectivity index (χ4n) is 1.39. The van der Waals surface area contributed by atoms with Crippen LogP contribution in [0.2, 0.25) is 0 Å². The molecule has 0 aromatic carbocycles. The van der Waals surface area contributed by atoms with E-state index in [9.17, 15) is 19.2 Å². The Morgan fingerprint density at radius 1 is 0.667 bits per heavy atom. The summed E-state index contributed by atoms with van der Waals surface area (Å²) in [6, 6.07) is -1.86. The van der Waals surface area contributed by atoms with Crippen molar-refractivity contribution in [2.75, 3.05) is 0 Å². The Balaban J connectivity index is 3.36. The summed E-state index contributed by atoms with van der Waals surface area (Å²) in [6.45, 7) is 0. The molecule has 0 rings (SSSR count). The summed E-state index contributed by atoms with van der Waals surface area (Å²) in [5.41, 5.74) is 12.9. The highest BCUT2D eigenvalue weighted by Gasteiger charge is 2.05. The molecule has 0 radical (unpaired) electrons. The van der Waals surface area contributed by atoms with E-state index in [1.165, 1.54) is 0 Å². The molecular weight excluding hydrogens is 284 g/mol. The Kier molecular flexibility index (Phi) is 9.96. The zero-order chi connectivity index (χ0) is 16.1. The third-order valence-corrected chi connectivity index (χ3v) is 2.29. The minimum absolute atomic E-state index is 0.171. The number of carbonyl (C=O) groups excluding carboxylic acids is 4. The van der Waals surface area contributed by atoms with E-state index >= 15 is 0 Å². The summed E-state index contributed by atoms with van der Waals surface area (Å²) in [5.74, 6) is -1.12. The van der Waals surface area contributed by atoms with Crippen LogP contribution in [0.1, 0.15) is 44.9 Å². The number of hydrogen-bond donors (Lipinski definition) is 4. The Hall–Kier alpha value is -2.52. The minimum atomic E-state index is -0.930. The highest BCUT2D eigenvalue weighted by molar-refractivity contribution is 5.75. The van der Waals surface area contributed by atoms with Crippen molar-refractivity contribution in [3.8, 4) is 0 Å². The van der Waals surface area contributed by atoms with Gasteiger partial charge >= 0.3 is 24.0 Å². The first-order chi connectivity index (χ1) is 9.91. The van der Waals surface area contributed by atoms with Gasteiger partial charge < -0.3 is 21.1 Å². The maximum absolute atomic E-state index is 11.1. The second kappa shape index (κ2) is 11.3. The topological polar surface area (TPSA) is 163 Å². The van der Waals surface area contributed by atoms with Crippen molar-refractivity contribution in [2.24, 2.45) is 11.5 Å². The molecule has 0 unspecified atom stereocenters. The third kappa shape index (κ3) is 13.7. The fourth-order valence-corrected chi connectivity index (χ4v) is 1.39. The van der Waals surface area contributed by atoms with E-state index in [0.717, 1.165) is 19.3 Å². The quantitative estimate of drug-likeness (QED) is 0.363. The molecule has 0 atom stereocenters. The van der Waals surface area contributed by atoms with Crippen LogP contribution in [0.5, 0.6) is 0 Å². The maximum atomic E-state index is 11.1. The lowest BCUT2D eigenvalue weighted by molar-refractivity contribution is -0.149. The normalized spacial score (nSPS) is 9.52. The molecule has 4 amide bonds. The van der Waals surface area contributed by atoms with Crippen LogP contribution in [-0.2, 0) is 19.3 Å². The monoisotopic (exact) mass is 304 g/mol. The van der Waals surface area contributed by atoms with Crippen molar-refractivity contribution in [1.82, 2.24) is 11.0 Å². The average Bonchev–Trinajstić information content (AvgIpc) is 2.41. The SMILES string of the molecule is NC(=O)NOC(=O)CCCCCCCC(=O)ONC(N)=O. The van der Waals surface area contributed by atoms with Gasteiger partial charge in [0, 0.05) is 12.8 Å². The van der Waals surface area contributed by atoms with Gasteiger partial charge in [0.05, 0.1) is 0 Å². The van der Waals surface area contributed by atoms with Gasteiger partial charge in [-0.25, -0.2) is 19.2 Å². The van der Waals surface area contributed by atoms with Crippen molar-refractivity contribution in [3.63, 3.8) is 0 Å². The van der Waals surface area contributed by atoms with Crippen LogP contribution in [-0.4, -0.2) is 24.0 Å². The zero-order valence-electron chi connectivity index (χ0n) is 11.6. The van der Waals surface area contributed by atoms with E-state index in [1.807, 2.05) is 0 Å². The zero-order valence-corrected chi connectivity index (χ0v) is 11.6. The van der Waals surface area contributed by atoms with Crippen LogP contribution in [0, 0.1) is 0 Å². The minimum Gasteiger partial charge on any atom is -0.349 e. The lowest BCUT2D eigenvalue weighted by atomic mass is 10.1. The number of urea groups is 2. The molecule has 21 heavy (non-hydrogen) atoms. The standard InChI is InChI=1S/C11H20N4O6/c12-10(18)14-20-8(16)6-4-2-1-3-5-7-9(17)21-15-11(13)19/h1-7H2,(H3,12,14,18)(H3,13,15,19). The van der Waals surface area contributed by atoms with Gasteiger partial charge in [0.15, 0.2) is 0 Å². The summed E-state index contributed by atoms with van der Waals surface area (Å²) in [7, 11) is 0. The molecular formula is C11H20N4O6. The molecule has 0 fully saturated rings. The summed E-state index contributed by atoms with van der Waals surface area (Å²) < 4.78 is 0. The Morgan fingerprint density at radius 2 is 1.00 bits per heavy atom. The van der Waals surface area contributed by atoms with Crippen molar-refractivity contribution in [1.29, 1.82) is 0 Å². The van der Waals surface area contributed by atoms with E-state index in [1.54, 1.807) is 11.0 Å². The highest BCUT2D eigenvalue weighted by atomic mass is 16.7. The maximum Gasteiger partial charge on any atom is 0.345 e. The molecule has 0 saturated carbocycles. The van der Waals surface area contributed by atoms with Crippen LogP contribution >= 0.6 is 0 Å². The molecule has 0 aromatic rings. The number of carbonyl (C=O) groups is 4. The number of rotatable bonds is 8. The van der Waals surface area contributed by atoms with Crippen LogP contribution in [0.4, 0.5) is 9.59 Å². The smallest absolute Gasteiger partial charge is 0.345 e. The van der Waals surface area contributed by atoms with E-state index < -0.39 is 24.0 Å². The van der Waals surface area contributed by atoms with Crippen LogP contribution in [0.15, 0.2) is 0 Å². The fraction of sp³-hybridized carbons (Fsp3) is 0.636. The first-order valence-corrected chi connectivity index (χ1v) is 6.42. The molecule has 0 saturated heterocycles. The largest absolute Gasteiger partial charge is 0.349 e. The molecule has 0 spiro atoms. The highest BCUT2D eigenvalue weighted by Crippen LogP contribution is 2.08. The van der Waals surface area contributed by atoms with Crippen LogP contribution < -0.4 is 22.4 Å². The van der Waals surface area contributed by atoms with E-state index in [0.29, 0.717) is 12.8 Å². The van der Waals surface area contributed by atoms with Gasteiger partial charge in [0.25, 0.3) is 0 Å². The number of amides is 4. The van der Waals surface area contributed by atoms with Gasteiger partial charge in [-0.15, -0.1) is 0 Å². The molecule has 10 nitrogen and oxygen atoms in total. The molecule has 0 aliphatic rings. The molecule has 0 aliphatic heterocycles. The molecule has 6 N–H and O–H groups in total. The molecule has 120 valence electrons. The molecule has 0 bridgehead atoms. The molecule has 0 aromatic heterocycles. The first-order valence-electron chi connectivity index (χ1n) is 6.42. The Bertz CT molecular complexity index is 340. The number of nitrogens with one attached hydrogen (secondary N) is 2. The van der Waals surface area contributed by atoms with Gasteiger partial charge in [0.2, 0.25) is 0 Å². The number of nitrogens with two attached hydrogens (primary N) is 2. The number of hydrogen-bond acceptors (Lipinski definition) is 6. The van der Waals surface area contributed by atoms with E-state index in [2.05, 4.69) is 9.68 Å². The summed E-state index contributed by atoms with van der Waals surface area (Å²) in [5, 5.41) is 0.